The minimum absolute atomic E-state index is 0.949. The van der Waals surface area contributed by atoms with Gasteiger partial charge in [-0.15, -0.1) is 0 Å². The van der Waals surface area contributed by atoms with Gasteiger partial charge in [0, 0.05) is 25.4 Å². The fourth-order valence-corrected chi connectivity index (χ4v) is 1.25. The van der Waals surface area contributed by atoms with E-state index in [1.54, 1.807) is 0 Å². The summed E-state index contributed by atoms with van der Waals surface area (Å²) in [6.45, 7) is 0.949. The number of hydrogen-bond acceptors (Lipinski definition) is 1. The van der Waals surface area contributed by atoms with Crippen LogP contribution in [-0.2, 0) is 7.05 Å². The van der Waals surface area contributed by atoms with Crippen molar-refractivity contribution in [3.8, 4) is 0 Å². The Labute approximate surface area is 60.2 Å². The molecule has 2 rings (SSSR count). The summed E-state index contributed by atoms with van der Waals surface area (Å²) in [5.74, 6) is 1.22. The van der Waals surface area contributed by atoms with Gasteiger partial charge >= 0.3 is 0 Å². The van der Waals surface area contributed by atoms with Crippen molar-refractivity contribution in [1.29, 1.82) is 0 Å². The molecule has 0 saturated carbocycles. The van der Waals surface area contributed by atoms with E-state index in [9.17, 15) is 0 Å². The molecule has 0 atom stereocenters. The van der Waals surface area contributed by atoms with E-state index in [-0.39, 0.29) is 0 Å². The number of nitrogens with zero attached hydrogens (tertiary/aromatic N) is 1. The number of aryl methyl sites for hydroxylation is 1. The second-order valence-corrected chi connectivity index (χ2v) is 2.51. The molecule has 0 fully saturated rings. The number of fused-ring (bicyclic) bond motifs is 1. The molecule has 0 radical (unpaired) electrons. The van der Waals surface area contributed by atoms with Crippen LogP contribution in [0.15, 0.2) is 18.3 Å². The van der Waals surface area contributed by atoms with E-state index in [1.165, 1.54) is 11.4 Å². The molecule has 1 aliphatic heterocycles. The van der Waals surface area contributed by atoms with Crippen LogP contribution in [-0.4, -0.2) is 11.1 Å². The molecule has 0 unspecified atom stereocenters. The van der Waals surface area contributed by atoms with Crippen molar-refractivity contribution in [3.05, 3.63) is 23.9 Å². The average Bonchev–Trinajstić information content (AvgIpc) is 2.34. The SMILES string of the molecule is Cn1ccc2c1NCC=C2. The van der Waals surface area contributed by atoms with Crippen LogP contribution < -0.4 is 5.32 Å². The van der Waals surface area contributed by atoms with Gasteiger partial charge in [0.05, 0.1) is 0 Å². The molecule has 2 heterocycles. The first-order valence-electron chi connectivity index (χ1n) is 3.43. The van der Waals surface area contributed by atoms with Gasteiger partial charge in [0.15, 0.2) is 0 Å². The zero-order valence-electron chi connectivity index (χ0n) is 5.96. The van der Waals surface area contributed by atoms with Gasteiger partial charge in [-0.2, -0.15) is 0 Å². The summed E-state index contributed by atoms with van der Waals surface area (Å²) in [7, 11) is 2.05. The molecule has 1 N–H and O–H groups in total. The zero-order chi connectivity index (χ0) is 6.97. The van der Waals surface area contributed by atoms with Crippen molar-refractivity contribution in [3.63, 3.8) is 0 Å². The predicted molar refractivity (Wildman–Crippen MR) is 42.9 cm³/mol. The summed E-state index contributed by atoms with van der Waals surface area (Å²) in [4.78, 5) is 0. The van der Waals surface area contributed by atoms with Crippen molar-refractivity contribution < 1.29 is 0 Å². The first-order valence-corrected chi connectivity index (χ1v) is 3.43. The maximum absolute atomic E-state index is 3.29. The van der Waals surface area contributed by atoms with E-state index in [1.807, 2.05) is 7.05 Å². The van der Waals surface area contributed by atoms with Crippen LogP contribution >= 0.6 is 0 Å². The van der Waals surface area contributed by atoms with Crippen LogP contribution in [0, 0.1) is 0 Å². The Morgan fingerprint density at radius 1 is 1.60 bits per heavy atom. The van der Waals surface area contributed by atoms with Gasteiger partial charge in [0.1, 0.15) is 5.82 Å². The Balaban J connectivity index is 2.57. The molecule has 1 aromatic rings. The number of hydrogen-bond donors (Lipinski definition) is 1. The van der Waals surface area contributed by atoms with Crippen molar-refractivity contribution in [1.82, 2.24) is 4.57 Å². The standard InChI is InChI=1S/C8H10N2/c1-10-6-4-7-3-2-5-9-8(7)10/h2-4,6,9H,5H2,1H3. The Hall–Kier alpha value is -1.18. The van der Waals surface area contributed by atoms with Crippen LogP contribution in [0.5, 0.6) is 0 Å². The molecule has 2 nitrogen and oxygen atoms in total. The minimum atomic E-state index is 0.949. The van der Waals surface area contributed by atoms with E-state index in [0.29, 0.717) is 0 Å². The summed E-state index contributed by atoms with van der Waals surface area (Å²) >= 11 is 0. The topological polar surface area (TPSA) is 17.0 Å². The van der Waals surface area contributed by atoms with E-state index >= 15 is 0 Å². The third-order valence-electron chi connectivity index (χ3n) is 1.79. The highest BCUT2D eigenvalue weighted by Crippen LogP contribution is 2.20. The van der Waals surface area contributed by atoms with E-state index in [4.69, 9.17) is 0 Å². The van der Waals surface area contributed by atoms with Crippen molar-refractivity contribution in [2.24, 2.45) is 7.05 Å². The smallest absolute Gasteiger partial charge is 0.113 e. The monoisotopic (exact) mass is 134 g/mol. The molecule has 0 aliphatic carbocycles. The van der Waals surface area contributed by atoms with Gasteiger partial charge in [-0.1, -0.05) is 12.2 Å². The highest BCUT2D eigenvalue weighted by molar-refractivity contribution is 5.67. The molecule has 10 heavy (non-hydrogen) atoms. The lowest BCUT2D eigenvalue weighted by atomic mass is 10.2. The molecule has 1 aromatic heterocycles. The first kappa shape index (κ1) is 5.59. The van der Waals surface area contributed by atoms with Gasteiger partial charge in [-0.25, -0.2) is 0 Å². The lowest BCUT2D eigenvalue weighted by Crippen LogP contribution is -2.06. The molecule has 0 saturated heterocycles. The van der Waals surface area contributed by atoms with Gasteiger partial charge < -0.3 is 9.88 Å². The maximum Gasteiger partial charge on any atom is 0.113 e. The van der Waals surface area contributed by atoms with Crippen LogP contribution in [0.3, 0.4) is 0 Å². The van der Waals surface area contributed by atoms with Crippen molar-refractivity contribution >= 4 is 11.9 Å². The molecule has 52 valence electrons. The Morgan fingerprint density at radius 2 is 2.50 bits per heavy atom. The Morgan fingerprint density at radius 3 is 3.30 bits per heavy atom. The number of aromatic nitrogens is 1. The molecular weight excluding hydrogens is 124 g/mol. The quantitative estimate of drug-likeness (QED) is 0.568. The molecule has 0 bridgehead atoms. The third-order valence-corrected chi connectivity index (χ3v) is 1.79. The molecule has 0 aromatic carbocycles. The molecule has 0 amide bonds. The van der Waals surface area contributed by atoms with Crippen LogP contribution in [0.4, 0.5) is 5.82 Å². The lowest BCUT2D eigenvalue weighted by molar-refractivity contribution is 0.924. The van der Waals surface area contributed by atoms with Crippen molar-refractivity contribution in [2.45, 2.75) is 0 Å². The van der Waals surface area contributed by atoms with E-state index < -0.39 is 0 Å². The van der Waals surface area contributed by atoms with Gasteiger partial charge in [-0.3, -0.25) is 0 Å². The summed E-state index contributed by atoms with van der Waals surface area (Å²) in [5, 5.41) is 3.29. The Kier molecular flexibility index (Phi) is 1.07. The summed E-state index contributed by atoms with van der Waals surface area (Å²) in [6.07, 6.45) is 6.33. The van der Waals surface area contributed by atoms with Crippen molar-refractivity contribution in [2.75, 3.05) is 11.9 Å². The third kappa shape index (κ3) is 0.652. The second kappa shape index (κ2) is 1.90. The molecule has 1 aliphatic rings. The average molecular weight is 134 g/mol. The highest BCUT2D eigenvalue weighted by Gasteiger charge is 2.04. The summed E-state index contributed by atoms with van der Waals surface area (Å²) in [5.41, 5.74) is 1.29. The van der Waals surface area contributed by atoms with Crippen LogP contribution in [0.25, 0.3) is 6.08 Å². The number of rotatable bonds is 0. The lowest BCUT2D eigenvalue weighted by Gasteiger charge is -2.10. The second-order valence-electron chi connectivity index (χ2n) is 2.51. The first-order chi connectivity index (χ1) is 4.88. The van der Waals surface area contributed by atoms with E-state index in [2.05, 4.69) is 34.3 Å². The number of nitrogens with one attached hydrogen (secondary N) is 1. The maximum atomic E-state index is 3.29. The van der Waals surface area contributed by atoms with E-state index in [0.717, 1.165) is 6.54 Å². The molecule has 0 spiro atoms. The zero-order valence-corrected chi connectivity index (χ0v) is 5.96. The van der Waals surface area contributed by atoms with Crippen LogP contribution in [0.2, 0.25) is 0 Å². The largest absolute Gasteiger partial charge is 0.368 e. The van der Waals surface area contributed by atoms with Crippen LogP contribution in [0.1, 0.15) is 5.56 Å². The predicted octanol–water partition coefficient (Wildman–Crippen LogP) is 1.46. The minimum Gasteiger partial charge on any atom is -0.368 e. The fraction of sp³-hybridized carbons (Fsp3) is 0.250. The van der Waals surface area contributed by atoms with Gasteiger partial charge in [0.25, 0.3) is 0 Å². The Bertz CT molecular complexity index is 271. The summed E-state index contributed by atoms with van der Waals surface area (Å²) < 4.78 is 2.10. The molecule has 2 heteroatoms. The normalized spacial score (nSPS) is 14.5. The highest BCUT2D eigenvalue weighted by atomic mass is 15.1. The number of anilines is 1. The summed E-state index contributed by atoms with van der Waals surface area (Å²) in [6, 6.07) is 2.11. The van der Waals surface area contributed by atoms with Gasteiger partial charge in [0.2, 0.25) is 0 Å². The van der Waals surface area contributed by atoms with Gasteiger partial charge in [-0.05, 0) is 6.07 Å². The molecular formula is C8H10N2. The fourth-order valence-electron chi connectivity index (χ4n) is 1.25.